The number of aliphatic hydroxyl groups is 1. The molecule has 1 unspecified atom stereocenters. The van der Waals surface area contributed by atoms with Crippen molar-refractivity contribution in [1.82, 2.24) is 15.5 Å². The van der Waals surface area contributed by atoms with Gasteiger partial charge in [-0.2, -0.15) is 0 Å². The third-order valence-electron chi connectivity index (χ3n) is 5.51. The topological polar surface area (TPSA) is 69.1 Å². The molecule has 170 valence electrons. The van der Waals surface area contributed by atoms with E-state index in [-0.39, 0.29) is 36.6 Å². The number of hydrogen-bond acceptors (Lipinski definition) is 4. The summed E-state index contributed by atoms with van der Waals surface area (Å²) in [4.78, 5) is 6.80. The van der Waals surface area contributed by atoms with Crippen LogP contribution in [0.3, 0.4) is 0 Å². The number of methoxy groups -OCH3 is 1. The van der Waals surface area contributed by atoms with Crippen LogP contribution in [0.15, 0.2) is 47.5 Å². The summed E-state index contributed by atoms with van der Waals surface area (Å²) in [6.45, 7) is 2.98. The molecule has 0 radical (unpaired) electrons. The van der Waals surface area contributed by atoms with Gasteiger partial charge in [-0.1, -0.05) is 24.3 Å². The zero-order valence-corrected chi connectivity index (χ0v) is 20.4. The van der Waals surface area contributed by atoms with Crippen LogP contribution in [0.4, 0.5) is 4.39 Å². The van der Waals surface area contributed by atoms with Gasteiger partial charge >= 0.3 is 0 Å². The maximum atomic E-state index is 13.6. The van der Waals surface area contributed by atoms with Crippen molar-refractivity contribution in [2.24, 2.45) is 4.99 Å². The number of aliphatic imine (C=N–C) groups is 1. The summed E-state index contributed by atoms with van der Waals surface area (Å²) in [6, 6.07) is 13.1. The first-order chi connectivity index (χ1) is 14.7. The van der Waals surface area contributed by atoms with Gasteiger partial charge in [-0.15, -0.1) is 24.0 Å². The van der Waals surface area contributed by atoms with E-state index in [1.807, 2.05) is 18.2 Å². The lowest BCUT2D eigenvalue weighted by molar-refractivity contribution is 0.239. The van der Waals surface area contributed by atoms with Gasteiger partial charge in [0.15, 0.2) is 5.96 Å². The fraction of sp³-hybridized carbons (Fsp3) is 0.435. The molecule has 0 spiro atoms. The fourth-order valence-corrected chi connectivity index (χ4v) is 3.89. The van der Waals surface area contributed by atoms with Crippen molar-refractivity contribution in [3.63, 3.8) is 0 Å². The highest BCUT2D eigenvalue weighted by atomic mass is 127. The Morgan fingerprint density at radius 2 is 1.94 bits per heavy atom. The highest BCUT2D eigenvalue weighted by molar-refractivity contribution is 14.0. The molecule has 3 rings (SSSR count). The number of hydrogen-bond donors (Lipinski definition) is 3. The van der Waals surface area contributed by atoms with E-state index in [0.29, 0.717) is 24.6 Å². The van der Waals surface area contributed by atoms with Crippen LogP contribution < -0.4 is 15.4 Å². The number of halogens is 2. The number of para-hydroxylation sites is 1. The van der Waals surface area contributed by atoms with Gasteiger partial charge in [0, 0.05) is 31.3 Å². The monoisotopic (exact) mass is 542 g/mol. The van der Waals surface area contributed by atoms with E-state index in [1.54, 1.807) is 26.3 Å². The van der Waals surface area contributed by atoms with Crippen molar-refractivity contribution in [3.8, 4) is 5.75 Å². The highest BCUT2D eigenvalue weighted by Gasteiger charge is 2.26. The lowest BCUT2D eigenvalue weighted by atomic mass is 10.0. The van der Waals surface area contributed by atoms with Crippen LogP contribution in [0, 0.1) is 5.82 Å². The van der Waals surface area contributed by atoms with E-state index in [4.69, 9.17) is 4.74 Å². The molecule has 1 heterocycles. The van der Waals surface area contributed by atoms with E-state index in [9.17, 15) is 9.50 Å². The number of ether oxygens (including phenoxy) is 1. The first-order valence-electron chi connectivity index (χ1n) is 10.4. The Bertz CT molecular complexity index is 859. The van der Waals surface area contributed by atoms with Crippen molar-refractivity contribution in [2.45, 2.75) is 32.0 Å². The van der Waals surface area contributed by atoms with E-state index >= 15 is 0 Å². The molecule has 1 fully saturated rings. The Labute approximate surface area is 200 Å². The molecule has 1 saturated heterocycles. The van der Waals surface area contributed by atoms with E-state index < -0.39 is 5.82 Å². The molecule has 8 heteroatoms. The van der Waals surface area contributed by atoms with Gasteiger partial charge in [0.05, 0.1) is 19.8 Å². The highest BCUT2D eigenvalue weighted by Crippen LogP contribution is 2.31. The van der Waals surface area contributed by atoms with Gasteiger partial charge in [-0.05, 0) is 49.7 Å². The second-order valence-corrected chi connectivity index (χ2v) is 7.39. The normalized spacial score (nSPS) is 15.3. The van der Waals surface area contributed by atoms with Crippen LogP contribution in [-0.4, -0.2) is 49.8 Å². The molecule has 0 aliphatic carbocycles. The third kappa shape index (κ3) is 6.78. The summed E-state index contributed by atoms with van der Waals surface area (Å²) in [7, 11) is 3.43. The molecule has 0 saturated carbocycles. The average molecular weight is 542 g/mol. The van der Waals surface area contributed by atoms with Crippen molar-refractivity contribution < 1.29 is 14.2 Å². The molecule has 2 aromatic carbocycles. The molecule has 1 atom stereocenters. The number of rotatable bonds is 8. The standard InChI is InChI=1S/C23H31FN4O2.HI/c1-25-23(26-14-17-9-10-20(24)18(13-17)16-29)27-15-21(28-11-5-6-12-28)19-7-3-4-8-22(19)30-2;/h3-4,7-10,13,21,29H,5-6,11-12,14-16H2,1-2H3,(H2,25,26,27);1H. The fourth-order valence-electron chi connectivity index (χ4n) is 3.89. The molecule has 2 aromatic rings. The predicted octanol–water partition coefficient (Wildman–Crippen LogP) is 3.45. The van der Waals surface area contributed by atoms with Crippen LogP contribution in [0.25, 0.3) is 0 Å². The number of benzene rings is 2. The second kappa shape index (κ2) is 12.8. The van der Waals surface area contributed by atoms with Gasteiger partial charge in [0.25, 0.3) is 0 Å². The maximum Gasteiger partial charge on any atom is 0.191 e. The molecule has 31 heavy (non-hydrogen) atoms. The molecule has 0 bridgehead atoms. The van der Waals surface area contributed by atoms with Crippen LogP contribution in [0.1, 0.15) is 35.6 Å². The first kappa shape index (κ1) is 25.4. The number of nitrogens with zero attached hydrogens (tertiary/aromatic N) is 2. The Morgan fingerprint density at radius 3 is 2.61 bits per heavy atom. The summed E-state index contributed by atoms with van der Waals surface area (Å²) < 4.78 is 19.2. The van der Waals surface area contributed by atoms with Crippen LogP contribution in [0.5, 0.6) is 5.75 Å². The largest absolute Gasteiger partial charge is 0.496 e. The Hall–Kier alpha value is -1.91. The minimum absolute atomic E-state index is 0. The van der Waals surface area contributed by atoms with E-state index in [0.717, 1.165) is 30.0 Å². The number of nitrogens with one attached hydrogen (secondary N) is 2. The van der Waals surface area contributed by atoms with Gasteiger partial charge in [0.1, 0.15) is 11.6 Å². The van der Waals surface area contributed by atoms with Crippen LogP contribution in [0.2, 0.25) is 0 Å². The maximum absolute atomic E-state index is 13.6. The lowest BCUT2D eigenvalue weighted by Crippen LogP contribution is -2.42. The summed E-state index contributed by atoms with van der Waals surface area (Å²) >= 11 is 0. The van der Waals surface area contributed by atoms with E-state index in [1.165, 1.54) is 18.9 Å². The number of likely N-dealkylation sites (tertiary alicyclic amines) is 1. The zero-order valence-electron chi connectivity index (χ0n) is 18.1. The van der Waals surface area contributed by atoms with Crippen molar-refractivity contribution in [2.75, 3.05) is 33.8 Å². The van der Waals surface area contributed by atoms with Gasteiger partial charge in [0.2, 0.25) is 0 Å². The summed E-state index contributed by atoms with van der Waals surface area (Å²) in [5.41, 5.74) is 2.34. The molecule has 0 aromatic heterocycles. The average Bonchev–Trinajstić information content (AvgIpc) is 3.31. The molecular weight excluding hydrogens is 510 g/mol. The van der Waals surface area contributed by atoms with Crippen LogP contribution >= 0.6 is 24.0 Å². The SMILES string of the molecule is CN=C(NCc1ccc(F)c(CO)c1)NCC(c1ccccc1OC)N1CCCC1.I. The smallest absolute Gasteiger partial charge is 0.191 e. The molecule has 0 amide bonds. The first-order valence-corrected chi connectivity index (χ1v) is 10.4. The zero-order chi connectivity index (χ0) is 21.3. The lowest BCUT2D eigenvalue weighted by Gasteiger charge is -2.30. The summed E-state index contributed by atoms with van der Waals surface area (Å²) in [6.07, 6.45) is 2.41. The third-order valence-corrected chi connectivity index (χ3v) is 5.51. The van der Waals surface area contributed by atoms with Gasteiger partial charge < -0.3 is 20.5 Å². The van der Waals surface area contributed by atoms with Gasteiger partial charge in [-0.3, -0.25) is 9.89 Å². The quantitative estimate of drug-likeness (QED) is 0.271. The van der Waals surface area contributed by atoms with Crippen molar-refractivity contribution in [1.29, 1.82) is 0 Å². The second-order valence-electron chi connectivity index (χ2n) is 7.39. The summed E-state index contributed by atoms with van der Waals surface area (Å²) in [5, 5.41) is 15.9. The minimum Gasteiger partial charge on any atom is -0.496 e. The number of guanidine groups is 1. The summed E-state index contributed by atoms with van der Waals surface area (Å²) in [5.74, 6) is 1.17. The van der Waals surface area contributed by atoms with Crippen LogP contribution in [-0.2, 0) is 13.2 Å². The van der Waals surface area contributed by atoms with E-state index in [2.05, 4.69) is 26.6 Å². The van der Waals surface area contributed by atoms with Crippen molar-refractivity contribution in [3.05, 3.63) is 65.0 Å². The Kier molecular flexibility index (Phi) is 10.5. The van der Waals surface area contributed by atoms with Crippen molar-refractivity contribution >= 4 is 29.9 Å². The number of aliphatic hydroxyl groups excluding tert-OH is 1. The molecule has 1 aliphatic heterocycles. The Balaban J connectivity index is 0.00000341. The molecule has 6 nitrogen and oxygen atoms in total. The molecular formula is C23H32FIN4O2. The van der Waals surface area contributed by atoms with Gasteiger partial charge in [-0.25, -0.2) is 4.39 Å². The molecule has 1 aliphatic rings. The predicted molar refractivity (Wildman–Crippen MR) is 132 cm³/mol. The Morgan fingerprint density at radius 1 is 1.19 bits per heavy atom. The minimum atomic E-state index is -0.394. The molecule has 3 N–H and O–H groups in total.